The Hall–Kier alpha value is -0.710. The molecule has 0 unspecified atom stereocenters. The van der Waals surface area contributed by atoms with Gasteiger partial charge in [0.05, 0.1) is 11.5 Å². The highest BCUT2D eigenvalue weighted by Crippen LogP contribution is 2.42. The second kappa shape index (κ2) is 4.65. The lowest BCUT2D eigenvalue weighted by atomic mass is 9.70. The molecule has 16 heavy (non-hydrogen) atoms. The summed E-state index contributed by atoms with van der Waals surface area (Å²) in [5, 5.41) is 10.8. The first kappa shape index (κ1) is 11.8. The molecule has 1 aliphatic carbocycles. The van der Waals surface area contributed by atoms with Gasteiger partial charge in [0.15, 0.2) is 0 Å². The van der Waals surface area contributed by atoms with E-state index in [2.05, 4.69) is 6.07 Å². The Balaban J connectivity index is 2.47. The molecular weight excluding hydrogens is 241 g/mol. The molecule has 3 heteroatoms. The van der Waals surface area contributed by atoms with Crippen LogP contribution in [0.2, 0.25) is 10.0 Å². The summed E-state index contributed by atoms with van der Waals surface area (Å²) < 4.78 is 0. The van der Waals surface area contributed by atoms with E-state index in [0.29, 0.717) is 10.0 Å². The fourth-order valence-electron chi connectivity index (χ4n) is 2.46. The van der Waals surface area contributed by atoms with Crippen molar-refractivity contribution in [3.05, 3.63) is 33.8 Å². The third-order valence-corrected chi connectivity index (χ3v) is 3.93. The van der Waals surface area contributed by atoms with Gasteiger partial charge in [0, 0.05) is 10.0 Å². The first-order chi connectivity index (χ1) is 7.68. The van der Waals surface area contributed by atoms with Crippen LogP contribution in [0.3, 0.4) is 0 Å². The van der Waals surface area contributed by atoms with Crippen molar-refractivity contribution in [3.63, 3.8) is 0 Å². The number of halogens is 2. The topological polar surface area (TPSA) is 23.8 Å². The van der Waals surface area contributed by atoms with E-state index in [1.54, 1.807) is 12.1 Å². The monoisotopic (exact) mass is 253 g/mol. The minimum absolute atomic E-state index is 0.416. The average Bonchev–Trinajstić information content (AvgIpc) is 2.33. The molecule has 2 rings (SSSR count). The molecule has 1 saturated carbocycles. The van der Waals surface area contributed by atoms with Crippen molar-refractivity contribution in [1.29, 1.82) is 5.26 Å². The first-order valence-corrected chi connectivity index (χ1v) is 6.30. The van der Waals surface area contributed by atoms with Crippen LogP contribution in [0.5, 0.6) is 0 Å². The third kappa shape index (κ3) is 2.05. The first-order valence-electron chi connectivity index (χ1n) is 5.55. The van der Waals surface area contributed by atoms with E-state index >= 15 is 0 Å². The number of rotatable bonds is 1. The molecule has 1 aromatic carbocycles. The predicted octanol–water partition coefficient (Wildman–Crippen LogP) is 4.72. The highest BCUT2D eigenvalue weighted by molar-refractivity contribution is 6.33. The largest absolute Gasteiger partial charge is 0.197 e. The van der Waals surface area contributed by atoms with Crippen molar-refractivity contribution >= 4 is 23.2 Å². The van der Waals surface area contributed by atoms with E-state index < -0.39 is 5.41 Å². The molecule has 0 bridgehead atoms. The summed E-state index contributed by atoms with van der Waals surface area (Å²) >= 11 is 12.2. The molecule has 0 saturated heterocycles. The molecule has 1 fully saturated rings. The molecule has 0 N–H and O–H groups in total. The van der Waals surface area contributed by atoms with Gasteiger partial charge in [-0.1, -0.05) is 42.5 Å². The number of hydrogen-bond acceptors (Lipinski definition) is 1. The molecule has 0 spiro atoms. The van der Waals surface area contributed by atoms with Crippen molar-refractivity contribution < 1.29 is 0 Å². The Kier molecular flexibility index (Phi) is 3.42. The van der Waals surface area contributed by atoms with Gasteiger partial charge in [0.1, 0.15) is 0 Å². The molecule has 1 aromatic rings. The Bertz CT molecular complexity index is 428. The lowest BCUT2D eigenvalue weighted by Crippen LogP contribution is -2.27. The van der Waals surface area contributed by atoms with Gasteiger partial charge in [-0.2, -0.15) is 5.26 Å². The van der Waals surface area contributed by atoms with Crippen LogP contribution < -0.4 is 0 Å². The van der Waals surface area contributed by atoms with Crippen molar-refractivity contribution in [2.75, 3.05) is 0 Å². The Morgan fingerprint density at radius 2 is 1.81 bits per heavy atom. The van der Waals surface area contributed by atoms with Crippen LogP contribution >= 0.6 is 23.2 Å². The van der Waals surface area contributed by atoms with E-state index in [1.807, 2.05) is 6.07 Å². The maximum absolute atomic E-state index is 9.46. The van der Waals surface area contributed by atoms with E-state index in [0.717, 1.165) is 31.2 Å². The van der Waals surface area contributed by atoms with E-state index in [-0.39, 0.29) is 0 Å². The summed E-state index contributed by atoms with van der Waals surface area (Å²) in [6.45, 7) is 0. The van der Waals surface area contributed by atoms with Crippen LogP contribution in [0.15, 0.2) is 18.2 Å². The van der Waals surface area contributed by atoms with Gasteiger partial charge in [0.25, 0.3) is 0 Å². The quantitative estimate of drug-likeness (QED) is 0.711. The SMILES string of the molecule is N#CC1(c2cc(Cl)ccc2Cl)CCCCC1. The van der Waals surface area contributed by atoms with Gasteiger partial charge in [-0.25, -0.2) is 0 Å². The van der Waals surface area contributed by atoms with Crippen molar-refractivity contribution in [1.82, 2.24) is 0 Å². The standard InChI is InChI=1S/C13H13Cl2N/c14-10-4-5-12(15)11(8-10)13(9-16)6-2-1-3-7-13/h4-5,8H,1-3,6-7H2. The van der Waals surface area contributed by atoms with Crippen LogP contribution in [0.1, 0.15) is 37.7 Å². The molecule has 84 valence electrons. The fraction of sp³-hybridized carbons (Fsp3) is 0.462. The molecule has 0 radical (unpaired) electrons. The highest BCUT2D eigenvalue weighted by atomic mass is 35.5. The Morgan fingerprint density at radius 3 is 2.44 bits per heavy atom. The normalized spacial score (nSPS) is 19.1. The van der Waals surface area contributed by atoms with Crippen LogP contribution in [0.4, 0.5) is 0 Å². The summed E-state index contributed by atoms with van der Waals surface area (Å²) in [4.78, 5) is 0. The second-order valence-electron chi connectivity index (χ2n) is 4.38. The highest BCUT2D eigenvalue weighted by Gasteiger charge is 2.35. The molecule has 0 amide bonds. The number of nitriles is 1. The Morgan fingerprint density at radius 1 is 1.12 bits per heavy atom. The zero-order valence-corrected chi connectivity index (χ0v) is 10.5. The zero-order valence-electron chi connectivity index (χ0n) is 8.97. The van der Waals surface area contributed by atoms with Crippen LogP contribution in [-0.4, -0.2) is 0 Å². The maximum Gasteiger partial charge on any atom is 0.0837 e. The lowest BCUT2D eigenvalue weighted by molar-refractivity contribution is 0.366. The molecular formula is C13H13Cl2N. The molecule has 0 aliphatic heterocycles. The van der Waals surface area contributed by atoms with Crippen molar-refractivity contribution in [3.8, 4) is 6.07 Å². The van der Waals surface area contributed by atoms with Crippen LogP contribution in [-0.2, 0) is 5.41 Å². The molecule has 1 nitrogen and oxygen atoms in total. The molecule has 0 heterocycles. The van der Waals surface area contributed by atoms with Gasteiger partial charge in [-0.3, -0.25) is 0 Å². The van der Waals surface area contributed by atoms with E-state index in [9.17, 15) is 5.26 Å². The van der Waals surface area contributed by atoms with Gasteiger partial charge in [-0.05, 0) is 36.6 Å². The number of benzene rings is 1. The lowest BCUT2D eigenvalue weighted by Gasteiger charge is -2.31. The predicted molar refractivity (Wildman–Crippen MR) is 66.8 cm³/mol. The summed E-state index contributed by atoms with van der Waals surface area (Å²) in [6.07, 6.45) is 5.18. The minimum atomic E-state index is -0.416. The van der Waals surface area contributed by atoms with Crippen LogP contribution in [0, 0.1) is 11.3 Å². The maximum atomic E-state index is 9.46. The third-order valence-electron chi connectivity index (χ3n) is 3.37. The second-order valence-corrected chi connectivity index (χ2v) is 5.22. The van der Waals surface area contributed by atoms with E-state index in [1.165, 1.54) is 6.42 Å². The molecule has 0 aromatic heterocycles. The van der Waals surface area contributed by atoms with Gasteiger partial charge < -0.3 is 0 Å². The zero-order chi connectivity index (χ0) is 11.6. The van der Waals surface area contributed by atoms with E-state index in [4.69, 9.17) is 23.2 Å². The summed E-state index contributed by atoms with van der Waals surface area (Å²) in [6, 6.07) is 7.85. The van der Waals surface area contributed by atoms with Gasteiger partial charge in [0.2, 0.25) is 0 Å². The molecule has 1 aliphatic rings. The number of nitrogens with zero attached hydrogens (tertiary/aromatic N) is 1. The van der Waals surface area contributed by atoms with Crippen molar-refractivity contribution in [2.24, 2.45) is 0 Å². The Labute approximate surface area is 106 Å². The van der Waals surface area contributed by atoms with Crippen molar-refractivity contribution in [2.45, 2.75) is 37.5 Å². The smallest absolute Gasteiger partial charge is 0.0837 e. The van der Waals surface area contributed by atoms with Gasteiger partial charge >= 0.3 is 0 Å². The fourth-order valence-corrected chi connectivity index (χ4v) is 2.93. The van der Waals surface area contributed by atoms with Crippen LogP contribution in [0.25, 0.3) is 0 Å². The average molecular weight is 254 g/mol. The minimum Gasteiger partial charge on any atom is -0.197 e. The number of hydrogen-bond donors (Lipinski definition) is 0. The summed E-state index contributed by atoms with van der Waals surface area (Å²) in [5.74, 6) is 0. The van der Waals surface area contributed by atoms with Gasteiger partial charge in [-0.15, -0.1) is 0 Å². The summed E-state index contributed by atoms with van der Waals surface area (Å²) in [7, 11) is 0. The molecule has 0 atom stereocenters. The summed E-state index contributed by atoms with van der Waals surface area (Å²) in [5.41, 5.74) is 0.490.